The van der Waals surface area contributed by atoms with E-state index in [0.29, 0.717) is 0 Å². The van der Waals surface area contributed by atoms with Gasteiger partial charge >= 0.3 is 0 Å². The zero-order valence-electron chi connectivity index (χ0n) is 15.5. The highest BCUT2D eigenvalue weighted by Crippen LogP contribution is 2.20. The Morgan fingerprint density at radius 1 is 1.12 bits per heavy atom. The number of benzene rings is 1. The molecular weight excluding hydrogens is 314 g/mol. The molecule has 1 amide bonds. The number of amides is 1. The van der Waals surface area contributed by atoms with Gasteiger partial charge in [-0.1, -0.05) is 18.2 Å². The van der Waals surface area contributed by atoms with Gasteiger partial charge in [-0.05, 0) is 32.9 Å². The van der Waals surface area contributed by atoms with Gasteiger partial charge in [0.1, 0.15) is 0 Å². The van der Waals surface area contributed by atoms with Gasteiger partial charge < -0.3 is 10.2 Å². The van der Waals surface area contributed by atoms with E-state index in [-0.39, 0.29) is 11.9 Å². The fourth-order valence-electron chi connectivity index (χ4n) is 3.35. The van der Waals surface area contributed by atoms with Crippen molar-refractivity contribution in [3.8, 4) is 0 Å². The van der Waals surface area contributed by atoms with E-state index in [0.717, 1.165) is 43.3 Å². The van der Waals surface area contributed by atoms with Crippen LogP contribution in [-0.2, 0) is 11.8 Å². The van der Waals surface area contributed by atoms with Crippen LogP contribution in [0.4, 0.5) is 11.4 Å². The predicted octanol–water partition coefficient (Wildman–Crippen LogP) is 2.19. The van der Waals surface area contributed by atoms with Crippen LogP contribution in [0.15, 0.2) is 30.3 Å². The van der Waals surface area contributed by atoms with Gasteiger partial charge in [0.15, 0.2) is 0 Å². The molecule has 0 unspecified atom stereocenters. The molecule has 1 atom stereocenters. The van der Waals surface area contributed by atoms with Crippen LogP contribution in [0, 0.1) is 13.8 Å². The normalized spacial score (nSPS) is 16.7. The van der Waals surface area contributed by atoms with E-state index < -0.39 is 0 Å². The van der Waals surface area contributed by atoms with Crippen molar-refractivity contribution < 1.29 is 4.79 Å². The maximum atomic E-state index is 12.7. The summed E-state index contributed by atoms with van der Waals surface area (Å²) in [5, 5.41) is 7.42. The molecule has 134 valence electrons. The Bertz CT molecular complexity index is 732. The summed E-state index contributed by atoms with van der Waals surface area (Å²) in [4.78, 5) is 17.3. The summed E-state index contributed by atoms with van der Waals surface area (Å²) in [6.45, 7) is 9.52. The zero-order chi connectivity index (χ0) is 18.0. The lowest BCUT2D eigenvalue weighted by Crippen LogP contribution is -2.52. The van der Waals surface area contributed by atoms with E-state index in [1.54, 1.807) is 4.68 Å². The van der Waals surface area contributed by atoms with E-state index in [1.165, 1.54) is 5.69 Å². The molecule has 2 heterocycles. The Kier molecular flexibility index (Phi) is 5.08. The van der Waals surface area contributed by atoms with Gasteiger partial charge in [0, 0.05) is 38.9 Å². The van der Waals surface area contributed by atoms with Crippen molar-refractivity contribution in [3.63, 3.8) is 0 Å². The average molecular weight is 341 g/mol. The molecule has 1 aliphatic heterocycles. The van der Waals surface area contributed by atoms with Crippen LogP contribution < -0.4 is 10.2 Å². The number of hydrogen-bond donors (Lipinski definition) is 1. The highest BCUT2D eigenvalue weighted by molar-refractivity contribution is 5.95. The summed E-state index contributed by atoms with van der Waals surface area (Å²) in [5.74, 6) is 0.0346. The Balaban J connectivity index is 1.58. The number of aryl methyl sites for hydroxylation is 2. The third kappa shape index (κ3) is 3.69. The fraction of sp³-hybridized carbons (Fsp3) is 0.474. The monoisotopic (exact) mass is 341 g/mol. The molecule has 1 aromatic heterocycles. The first-order chi connectivity index (χ1) is 12.0. The Morgan fingerprint density at radius 3 is 2.32 bits per heavy atom. The molecule has 0 saturated carbocycles. The molecule has 3 rings (SSSR count). The van der Waals surface area contributed by atoms with Crippen LogP contribution in [0.2, 0.25) is 0 Å². The van der Waals surface area contributed by atoms with Crippen LogP contribution in [0.3, 0.4) is 0 Å². The van der Waals surface area contributed by atoms with Gasteiger partial charge in [0.05, 0.1) is 23.1 Å². The topological polar surface area (TPSA) is 53.4 Å². The first kappa shape index (κ1) is 17.5. The molecule has 2 aromatic rings. The highest BCUT2D eigenvalue weighted by atomic mass is 16.2. The number of carbonyl (C=O) groups is 1. The number of hydrogen-bond acceptors (Lipinski definition) is 4. The Hall–Kier alpha value is -2.34. The van der Waals surface area contributed by atoms with Crippen LogP contribution >= 0.6 is 0 Å². The average Bonchev–Trinajstić information content (AvgIpc) is 2.88. The fourth-order valence-corrected chi connectivity index (χ4v) is 3.35. The largest absolute Gasteiger partial charge is 0.369 e. The first-order valence-corrected chi connectivity index (χ1v) is 8.82. The summed E-state index contributed by atoms with van der Waals surface area (Å²) in [6, 6.07) is 10.3. The Labute approximate surface area is 149 Å². The first-order valence-electron chi connectivity index (χ1n) is 8.82. The number of rotatable bonds is 4. The molecule has 6 heteroatoms. The second-order valence-electron chi connectivity index (χ2n) is 6.69. The third-order valence-electron chi connectivity index (χ3n) is 5.12. The van der Waals surface area contributed by atoms with E-state index in [4.69, 9.17) is 0 Å². The minimum atomic E-state index is -0.156. The number of aromatic nitrogens is 2. The molecule has 1 aliphatic rings. The van der Waals surface area contributed by atoms with Crippen LogP contribution in [0.1, 0.15) is 18.3 Å². The smallest absolute Gasteiger partial charge is 0.241 e. The van der Waals surface area contributed by atoms with Crippen molar-refractivity contribution in [2.75, 3.05) is 36.4 Å². The molecule has 0 aliphatic carbocycles. The van der Waals surface area contributed by atoms with Gasteiger partial charge in [-0.3, -0.25) is 14.4 Å². The number of nitrogens with one attached hydrogen (secondary N) is 1. The molecule has 1 fully saturated rings. The van der Waals surface area contributed by atoms with Gasteiger partial charge in [0.25, 0.3) is 0 Å². The molecule has 0 radical (unpaired) electrons. The predicted molar refractivity (Wildman–Crippen MR) is 101 cm³/mol. The highest BCUT2D eigenvalue weighted by Gasteiger charge is 2.26. The van der Waals surface area contributed by atoms with Crippen molar-refractivity contribution in [1.82, 2.24) is 14.7 Å². The molecule has 1 aromatic carbocycles. The van der Waals surface area contributed by atoms with Crippen molar-refractivity contribution in [2.24, 2.45) is 7.05 Å². The molecule has 0 bridgehead atoms. The summed E-state index contributed by atoms with van der Waals surface area (Å²) in [6.07, 6.45) is 0. The van der Waals surface area contributed by atoms with E-state index in [9.17, 15) is 4.79 Å². The summed E-state index contributed by atoms with van der Waals surface area (Å²) in [7, 11) is 1.89. The van der Waals surface area contributed by atoms with E-state index >= 15 is 0 Å². The standard InChI is InChI=1S/C19H27N5O/c1-14-18(15(2)22(4)21-14)20-19(25)16(3)23-10-12-24(13-11-23)17-8-6-5-7-9-17/h5-9,16H,10-13H2,1-4H3,(H,20,25)/t16-/m1/s1. The van der Waals surface area contributed by atoms with Crippen molar-refractivity contribution in [2.45, 2.75) is 26.8 Å². The molecule has 1 N–H and O–H groups in total. The number of anilines is 2. The number of carbonyl (C=O) groups excluding carboxylic acids is 1. The lowest BCUT2D eigenvalue weighted by molar-refractivity contribution is -0.120. The number of para-hydroxylation sites is 1. The van der Waals surface area contributed by atoms with Gasteiger partial charge in [-0.15, -0.1) is 0 Å². The molecule has 1 saturated heterocycles. The van der Waals surface area contributed by atoms with Crippen molar-refractivity contribution in [3.05, 3.63) is 41.7 Å². The van der Waals surface area contributed by atoms with Crippen LogP contribution in [-0.4, -0.2) is 52.8 Å². The van der Waals surface area contributed by atoms with Crippen LogP contribution in [0.25, 0.3) is 0 Å². The maximum absolute atomic E-state index is 12.7. The van der Waals surface area contributed by atoms with Crippen molar-refractivity contribution in [1.29, 1.82) is 0 Å². The molecular formula is C19H27N5O. The second-order valence-corrected chi connectivity index (χ2v) is 6.69. The zero-order valence-corrected chi connectivity index (χ0v) is 15.5. The molecule has 0 spiro atoms. The second kappa shape index (κ2) is 7.27. The summed E-state index contributed by atoms with van der Waals surface area (Å²) < 4.78 is 1.80. The van der Waals surface area contributed by atoms with E-state index in [1.807, 2.05) is 33.9 Å². The van der Waals surface area contributed by atoms with Crippen LogP contribution in [0.5, 0.6) is 0 Å². The SMILES string of the molecule is Cc1nn(C)c(C)c1NC(=O)[C@@H](C)N1CCN(c2ccccc2)CC1. The van der Waals surface area contributed by atoms with Gasteiger partial charge in [0.2, 0.25) is 5.91 Å². The minimum Gasteiger partial charge on any atom is -0.369 e. The minimum absolute atomic E-state index is 0.0346. The van der Waals surface area contributed by atoms with Crippen molar-refractivity contribution >= 4 is 17.3 Å². The van der Waals surface area contributed by atoms with Gasteiger partial charge in [-0.25, -0.2) is 0 Å². The summed E-state index contributed by atoms with van der Waals surface area (Å²) in [5.41, 5.74) is 3.92. The number of piperazine rings is 1. The quantitative estimate of drug-likeness (QED) is 0.926. The van der Waals surface area contributed by atoms with Gasteiger partial charge in [-0.2, -0.15) is 5.10 Å². The lowest BCUT2D eigenvalue weighted by Gasteiger charge is -2.38. The molecule has 6 nitrogen and oxygen atoms in total. The third-order valence-corrected chi connectivity index (χ3v) is 5.12. The number of nitrogens with zero attached hydrogens (tertiary/aromatic N) is 4. The Morgan fingerprint density at radius 2 is 1.76 bits per heavy atom. The lowest BCUT2D eigenvalue weighted by atomic mass is 10.2. The summed E-state index contributed by atoms with van der Waals surface area (Å²) >= 11 is 0. The maximum Gasteiger partial charge on any atom is 0.241 e. The molecule has 25 heavy (non-hydrogen) atoms. The van der Waals surface area contributed by atoms with E-state index in [2.05, 4.69) is 44.5 Å².